The van der Waals surface area contributed by atoms with Gasteiger partial charge in [-0.3, -0.25) is 0 Å². The van der Waals surface area contributed by atoms with Crippen molar-refractivity contribution in [1.82, 2.24) is 0 Å². The predicted octanol–water partition coefficient (Wildman–Crippen LogP) is 2.77. The molecule has 1 rings (SSSR count). The van der Waals surface area contributed by atoms with Gasteiger partial charge < -0.3 is 5.73 Å². The normalized spacial score (nSPS) is 9.67. The summed E-state index contributed by atoms with van der Waals surface area (Å²) in [5.41, 5.74) is 4.57. The molecule has 0 amide bonds. The van der Waals surface area contributed by atoms with E-state index in [-0.39, 0.29) is 23.7 Å². The Balaban J connectivity index is 0.00000121. The Bertz CT molecular complexity index is 265. The quantitative estimate of drug-likeness (QED) is 0.689. The van der Waals surface area contributed by atoms with Crippen LogP contribution < -0.4 is 5.73 Å². The van der Waals surface area contributed by atoms with Crippen molar-refractivity contribution in [1.29, 1.82) is 0 Å². The maximum absolute atomic E-state index is 12.3. The third-order valence-corrected chi connectivity index (χ3v) is 1.28. The van der Waals surface area contributed by atoms with Crippen LogP contribution in [-0.4, -0.2) is 0 Å². The zero-order chi connectivity index (χ0) is 8.43. The molecule has 1 aromatic rings. The SMILES string of the molecule is Cl.Nc1cc(F)ccc1C(F)F. The highest BCUT2D eigenvalue weighted by Crippen LogP contribution is 2.24. The van der Waals surface area contributed by atoms with Crippen molar-refractivity contribution in [3.8, 4) is 0 Å². The van der Waals surface area contributed by atoms with Gasteiger partial charge in [-0.2, -0.15) is 0 Å². The van der Waals surface area contributed by atoms with E-state index in [4.69, 9.17) is 5.73 Å². The minimum Gasteiger partial charge on any atom is -0.398 e. The van der Waals surface area contributed by atoms with Gasteiger partial charge in [0.25, 0.3) is 6.43 Å². The maximum Gasteiger partial charge on any atom is 0.265 e. The van der Waals surface area contributed by atoms with Gasteiger partial charge in [-0.1, -0.05) is 0 Å². The molecule has 0 spiro atoms. The molecule has 0 aliphatic carbocycles. The summed E-state index contributed by atoms with van der Waals surface area (Å²) in [7, 11) is 0. The molecule has 0 aromatic heterocycles. The summed E-state index contributed by atoms with van der Waals surface area (Å²) in [5.74, 6) is -0.605. The lowest BCUT2D eigenvalue weighted by molar-refractivity contribution is 0.152. The number of hydrogen-bond acceptors (Lipinski definition) is 1. The van der Waals surface area contributed by atoms with Crippen LogP contribution in [0.5, 0.6) is 0 Å². The largest absolute Gasteiger partial charge is 0.398 e. The van der Waals surface area contributed by atoms with Crippen molar-refractivity contribution >= 4 is 18.1 Å². The molecule has 1 nitrogen and oxygen atoms in total. The van der Waals surface area contributed by atoms with Crippen LogP contribution in [0.25, 0.3) is 0 Å². The molecule has 68 valence electrons. The summed E-state index contributed by atoms with van der Waals surface area (Å²) in [4.78, 5) is 0. The topological polar surface area (TPSA) is 26.0 Å². The maximum atomic E-state index is 12.3. The fourth-order valence-corrected chi connectivity index (χ4v) is 0.744. The number of benzene rings is 1. The third-order valence-electron chi connectivity index (χ3n) is 1.28. The molecule has 1 aromatic carbocycles. The van der Waals surface area contributed by atoms with Gasteiger partial charge in [0.2, 0.25) is 0 Å². The van der Waals surface area contributed by atoms with E-state index in [0.717, 1.165) is 18.2 Å². The van der Waals surface area contributed by atoms with Crippen LogP contribution in [0.15, 0.2) is 18.2 Å². The second kappa shape index (κ2) is 4.21. The van der Waals surface area contributed by atoms with Crippen LogP contribution in [0.1, 0.15) is 12.0 Å². The zero-order valence-electron chi connectivity index (χ0n) is 5.93. The third kappa shape index (κ3) is 2.30. The van der Waals surface area contributed by atoms with E-state index in [1.165, 1.54) is 0 Å². The molecule has 0 radical (unpaired) electrons. The molecular weight excluding hydrogens is 191 g/mol. The summed E-state index contributed by atoms with van der Waals surface area (Å²) in [5, 5.41) is 0. The van der Waals surface area contributed by atoms with Gasteiger partial charge in [0, 0.05) is 11.3 Å². The van der Waals surface area contributed by atoms with E-state index in [1.807, 2.05) is 0 Å². The van der Waals surface area contributed by atoms with E-state index < -0.39 is 12.2 Å². The molecule has 5 heteroatoms. The number of nitrogens with two attached hydrogens (primary N) is 1. The Kier molecular flexibility index (Phi) is 3.89. The van der Waals surface area contributed by atoms with Crippen LogP contribution in [0.2, 0.25) is 0 Å². The predicted molar refractivity (Wildman–Crippen MR) is 43.0 cm³/mol. The lowest BCUT2D eigenvalue weighted by atomic mass is 10.2. The summed E-state index contributed by atoms with van der Waals surface area (Å²) >= 11 is 0. The minimum absolute atomic E-state index is 0. The average Bonchev–Trinajstić information content (AvgIpc) is 1.85. The van der Waals surface area contributed by atoms with Gasteiger partial charge in [0.05, 0.1) is 0 Å². The molecule has 0 bridgehead atoms. The second-order valence-corrected chi connectivity index (χ2v) is 2.07. The number of hydrogen-bond donors (Lipinski definition) is 1. The Morgan fingerprint density at radius 3 is 2.25 bits per heavy atom. The van der Waals surface area contributed by atoms with E-state index in [1.54, 1.807) is 0 Å². The van der Waals surface area contributed by atoms with Crippen LogP contribution in [0.3, 0.4) is 0 Å². The number of halogens is 4. The number of anilines is 1. The van der Waals surface area contributed by atoms with E-state index in [2.05, 4.69) is 0 Å². The first-order valence-corrected chi connectivity index (χ1v) is 2.94. The highest BCUT2D eigenvalue weighted by molar-refractivity contribution is 5.85. The molecule has 0 heterocycles. The fraction of sp³-hybridized carbons (Fsp3) is 0.143. The van der Waals surface area contributed by atoms with Gasteiger partial charge in [0.1, 0.15) is 5.82 Å². The van der Waals surface area contributed by atoms with Gasteiger partial charge >= 0.3 is 0 Å². The lowest BCUT2D eigenvalue weighted by Crippen LogP contribution is -1.94. The molecular formula is C7H7ClF3N. The van der Waals surface area contributed by atoms with E-state index in [9.17, 15) is 13.2 Å². The van der Waals surface area contributed by atoms with E-state index >= 15 is 0 Å². The standard InChI is InChI=1S/C7H6F3N.ClH/c8-4-1-2-5(7(9)10)6(11)3-4;/h1-3,7H,11H2;1H. The summed E-state index contributed by atoms with van der Waals surface area (Å²) < 4.78 is 36.2. The molecule has 0 aliphatic heterocycles. The second-order valence-electron chi connectivity index (χ2n) is 2.07. The Morgan fingerprint density at radius 1 is 1.25 bits per heavy atom. The van der Waals surface area contributed by atoms with Gasteiger partial charge in [-0.15, -0.1) is 12.4 Å². The summed E-state index contributed by atoms with van der Waals surface area (Å²) in [6.45, 7) is 0. The minimum atomic E-state index is -2.64. The van der Waals surface area contributed by atoms with Gasteiger partial charge in [-0.25, -0.2) is 13.2 Å². The van der Waals surface area contributed by atoms with Gasteiger partial charge in [0.15, 0.2) is 0 Å². The first-order chi connectivity index (χ1) is 5.11. The first kappa shape index (κ1) is 11.1. The average molecular weight is 198 g/mol. The van der Waals surface area contributed by atoms with Crippen molar-refractivity contribution in [3.05, 3.63) is 29.6 Å². The first-order valence-electron chi connectivity index (χ1n) is 2.94. The Hall–Kier alpha value is -0.900. The van der Waals surface area contributed by atoms with Crippen molar-refractivity contribution in [3.63, 3.8) is 0 Å². The molecule has 0 atom stereocenters. The monoisotopic (exact) mass is 197 g/mol. The summed E-state index contributed by atoms with van der Waals surface area (Å²) in [6, 6.07) is 2.81. The highest BCUT2D eigenvalue weighted by atomic mass is 35.5. The van der Waals surface area contributed by atoms with Crippen molar-refractivity contribution in [2.45, 2.75) is 6.43 Å². The van der Waals surface area contributed by atoms with Crippen LogP contribution in [-0.2, 0) is 0 Å². The molecule has 0 saturated carbocycles. The highest BCUT2D eigenvalue weighted by Gasteiger charge is 2.10. The molecule has 0 fully saturated rings. The van der Waals surface area contributed by atoms with Crippen LogP contribution >= 0.6 is 12.4 Å². The lowest BCUT2D eigenvalue weighted by Gasteiger charge is -2.02. The molecule has 0 saturated heterocycles. The Labute approximate surface area is 73.8 Å². The van der Waals surface area contributed by atoms with Gasteiger partial charge in [-0.05, 0) is 18.2 Å². The van der Waals surface area contributed by atoms with Crippen LogP contribution in [0, 0.1) is 5.82 Å². The number of nitrogen functional groups attached to an aromatic ring is 1. The van der Waals surface area contributed by atoms with Crippen molar-refractivity contribution < 1.29 is 13.2 Å². The molecule has 0 unspecified atom stereocenters. The molecule has 2 N–H and O–H groups in total. The summed E-state index contributed by atoms with van der Waals surface area (Å²) in [6.07, 6.45) is -2.64. The fourth-order valence-electron chi connectivity index (χ4n) is 0.744. The van der Waals surface area contributed by atoms with E-state index in [0.29, 0.717) is 0 Å². The smallest absolute Gasteiger partial charge is 0.265 e. The number of alkyl halides is 2. The number of rotatable bonds is 1. The van der Waals surface area contributed by atoms with Crippen molar-refractivity contribution in [2.75, 3.05) is 5.73 Å². The Morgan fingerprint density at radius 2 is 1.83 bits per heavy atom. The molecule has 12 heavy (non-hydrogen) atoms. The molecule has 0 aliphatic rings. The van der Waals surface area contributed by atoms with Crippen molar-refractivity contribution in [2.24, 2.45) is 0 Å². The zero-order valence-corrected chi connectivity index (χ0v) is 6.75. The van der Waals surface area contributed by atoms with Crippen LogP contribution in [0.4, 0.5) is 18.9 Å².